The number of nitrogen functional groups attached to an aromatic ring is 1. The number of hydrogen-bond acceptors (Lipinski definition) is 5. The van der Waals surface area contributed by atoms with E-state index in [1.807, 2.05) is 35.8 Å². The predicted octanol–water partition coefficient (Wildman–Crippen LogP) is 1.03. The van der Waals surface area contributed by atoms with Crippen molar-refractivity contribution in [2.75, 3.05) is 17.2 Å². The van der Waals surface area contributed by atoms with Gasteiger partial charge in [-0.1, -0.05) is 30.3 Å². The van der Waals surface area contributed by atoms with E-state index in [0.717, 1.165) is 5.56 Å². The largest absolute Gasteiger partial charge is 0.449 e. The Morgan fingerprint density at radius 3 is 2.67 bits per heavy atom. The van der Waals surface area contributed by atoms with Crippen molar-refractivity contribution in [2.24, 2.45) is 5.84 Å². The first-order chi connectivity index (χ1) is 11.6. The van der Waals surface area contributed by atoms with Gasteiger partial charge in [0.05, 0.1) is 5.69 Å². The maximum atomic E-state index is 12.7. The number of amides is 2. The van der Waals surface area contributed by atoms with E-state index in [-0.39, 0.29) is 12.3 Å². The Morgan fingerprint density at radius 2 is 1.96 bits per heavy atom. The zero-order valence-corrected chi connectivity index (χ0v) is 12.7. The van der Waals surface area contributed by atoms with Gasteiger partial charge in [0, 0.05) is 5.69 Å². The van der Waals surface area contributed by atoms with Gasteiger partial charge in [-0.05, 0) is 29.8 Å². The van der Waals surface area contributed by atoms with Crippen LogP contribution < -0.4 is 26.6 Å². The number of carbonyl (C=O) groups excluding carboxylic acids is 2. The van der Waals surface area contributed by atoms with Crippen LogP contribution in [0, 0.1) is 0 Å². The quantitative estimate of drug-likeness (QED) is 0.257. The first kappa shape index (κ1) is 15.6. The highest BCUT2D eigenvalue weighted by Crippen LogP contribution is 2.37. The Labute approximate surface area is 138 Å². The van der Waals surface area contributed by atoms with Crippen molar-refractivity contribution >= 4 is 29.3 Å². The van der Waals surface area contributed by atoms with Crippen molar-refractivity contribution < 1.29 is 14.3 Å². The molecule has 3 rings (SSSR count). The second-order valence-electron chi connectivity index (χ2n) is 5.21. The molecule has 0 aliphatic carbocycles. The van der Waals surface area contributed by atoms with Gasteiger partial charge >= 0.3 is 0 Å². The molecule has 2 aromatic rings. The van der Waals surface area contributed by atoms with Gasteiger partial charge < -0.3 is 10.5 Å². The summed E-state index contributed by atoms with van der Waals surface area (Å²) in [5.74, 6) is 4.74. The van der Waals surface area contributed by atoms with Crippen LogP contribution in [0.4, 0.5) is 11.4 Å². The summed E-state index contributed by atoms with van der Waals surface area (Å²) in [6.45, 7) is -0.235. The minimum Gasteiger partial charge on any atom is -0.449 e. The van der Waals surface area contributed by atoms with E-state index in [9.17, 15) is 9.59 Å². The van der Waals surface area contributed by atoms with E-state index in [2.05, 4.69) is 0 Å². The average Bonchev–Trinajstić information content (AvgIpc) is 2.59. The van der Waals surface area contributed by atoms with Crippen molar-refractivity contribution in [2.45, 2.75) is 0 Å². The second-order valence-corrected chi connectivity index (χ2v) is 5.21. The molecule has 1 aliphatic rings. The van der Waals surface area contributed by atoms with Gasteiger partial charge in [-0.25, -0.2) is 5.84 Å². The Balaban J connectivity index is 2.04. The van der Waals surface area contributed by atoms with Crippen LogP contribution in [0.3, 0.4) is 0 Å². The van der Waals surface area contributed by atoms with E-state index in [4.69, 9.17) is 16.3 Å². The maximum Gasteiger partial charge on any atom is 0.294 e. The number of carbonyl (C=O) groups is 2. The highest BCUT2D eigenvalue weighted by molar-refractivity contribution is 6.12. The molecule has 0 saturated carbocycles. The molecular formula is C17H16N4O3. The van der Waals surface area contributed by atoms with E-state index in [0.29, 0.717) is 17.1 Å². The van der Waals surface area contributed by atoms with Crippen LogP contribution in [0.1, 0.15) is 5.56 Å². The molecule has 0 saturated heterocycles. The summed E-state index contributed by atoms with van der Waals surface area (Å²) in [6.07, 6.45) is 1.62. The molecule has 2 aromatic carbocycles. The molecule has 0 spiro atoms. The van der Waals surface area contributed by atoms with E-state index in [1.54, 1.807) is 24.3 Å². The third-order valence-electron chi connectivity index (χ3n) is 3.51. The summed E-state index contributed by atoms with van der Waals surface area (Å²) >= 11 is 0. The summed E-state index contributed by atoms with van der Waals surface area (Å²) in [7, 11) is 0. The normalized spacial score (nSPS) is 15.0. The van der Waals surface area contributed by atoms with Crippen LogP contribution in [0.15, 0.2) is 54.3 Å². The Hall–Kier alpha value is -3.32. The number of nitrogens with two attached hydrogens (primary N) is 2. The number of anilines is 2. The first-order valence-corrected chi connectivity index (χ1v) is 7.24. The lowest BCUT2D eigenvalue weighted by molar-refractivity contribution is -0.123. The van der Waals surface area contributed by atoms with Gasteiger partial charge in [-0.2, -0.15) is 0 Å². The van der Waals surface area contributed by atoms with E-state index >= 15 is 0 Å². The Morgan fingerprint density at radius 1 is 1.21 bits per heavy atom. The monoisotopic (exact) mass is 324 g/mol. The fourth-order valence-corrected chi connectivity index (χ4v) is 2.37. The highest BCUT2D eigenvalue weighted by atomic mass is 16.5. The number of benzene rings is 2. The summed E-state index contributed by atoms with van der Waals surface area (Å²) in [4.78, 5) is 25.7. The number of fused-ring (bicyclic) bond motifs is 1. The molecule has 122 valence electrons. The Bertz CT molecular complexity index is 818. The number of hydrogen-bond donors (Lipinski definition) is 3. The fourth-order valence-electron chi connectivity index (χ4n) is 2.37. The van der Waals surface area contributed by atoms with Gasteiger partial charge in [-0.15, -0.1) is 0 Å². The molecule has 0 unspecified atom stereocenters. The molecule has 0 aromatic heterocycles. The molecule has 0 fully saturated rings. The topological polar surface area (TPSA) is 111 Å². The predicted molar refractivity (Wildman–Crippen MR) is 90.6 cm³/mol. The van der Waals surface area contributed by atoms with Gasteiger partial charge in [-0.3, -0.25) is 19.9 Å². The lowest BCUT2D eigenvalue weighted by Crippen LogP contribution is -2.45. The molecule has 7 nitrogen and oxygen atoms in total. The molecule has 24 heavy (non-hydrogen) atoms. The highest BCUT2D eigenvalue weighted by Gasteiger charge is 2.31. The maximum absolute atomic E-state index is 12.7. The second kappa shape index (κ2) is 6.43. The van der Waals surface area contributed by atoms with Crippen LogP contribution >= 0.6 is 0 Å². The van der Waals surface area contributed by atoms with Crippen LogP contribution in [0.2, 0.25) is 0 Å². The van der Waals surface area contributed by atoms with Crippen LogP contribution in [-0.4, -0.2) is 18.4 Å². The van der Waals surface area contributed by atoms with Gasteiger partial charge in [0.25, 0.3) is 11.8 Å². The summed E-state index contributed by atoms with van der Waals surface area (Å²) in [5.41, 5.74) is 9.49. The van der Waals surface area contributed by atoms with Crippen molar-refractivity contribution in [1.29, 1.82) is 0 Å². The third kappa shape index (κ3) is 3.06. The molecule has 0 bridgehead atoms. The molecule has 0 radical (unpaired) electrons. The smallest absolute Gasteiger partial charge is 0.294 e. The average molecular weight is 324 g/mol. The zero-order valence-electron chi connectivity index (χ0n) is 12.7. The molecule has 1 heterocycles. The summed E-state index contributed by atoms with van der Waals surface area (Å²) in [5, 5.41) is 0. The first-order valence-electron chi connectivity index (χ1n) is 7.24. The molecule has 1 aliphatic heterocycles. The van der Waals surface area contributed by atoms with Gasteiger partial charge in [0.15, 0.2) is 11.5 Å². The number of nitrogens with one attached hydrogen (secondary N) is 1. The third-order valence-corrected chi connectivity index (χ3v) is 3.51. The number of rotatable bonds is 3. The SMILES string of the molecule is NNC(=O)CN1C(=O)/C(=C\c2ccccc2)Oc2ccc(N)cc21. The number of hydrazine groups is 1. The van der Waals surface area contributed by atoms with E-state index in [1.165, 1.54) is 4.90 Å². The van der Waals surface area contributed by atoms with Gasteiger partial charge in [0.1, 0.15) is 6.54 Å². The molecule has 7 heteroatoms. The number of nitrogens with zero attached hydrogens (tertiary/aromatic N) is 1. The van der Waals surface area contributed by atoms with Crippen molar-refractivity contribution in [1.82, 2.24) is 5.43 Å². The zero-order chi connectivity index (χ0) is 17.1. The van der Waals surface area contributed by atoms with Crippen LogP contribution in [0.25, 0.3) is 6.08 Å². The molecular weight excluding hydrogens is 308 g/mol. The minimum atomic E-state index is -0.502. The molecule has 0 atom stereocenters. The molecule has 2 amide bonds. The number of ether oxygens (including phenoxy) is 1. The lowest BCUT2D eigenvalue weighted by atomic mass is 10.1. The molecule has 5 N–H and O–H groups in total. The van der Waals surface area contributed by atoms with Crippen LogP contribution in [0.5, 0.6) is 5.75 Å². The lowest BCUT2D eigenvalue weighted by Gasteiger charge is -2.30. The minimum absolute atomic E-state index is 0.114. The van der Waals surface area contributed by atoms with E-state index < -0.39 is 11.8 Å². The van der Waals surface area contributed by atoms with Gasteiger partial charge in [0.2, 0.25) is 0 Å². The summed E-state index contributed by atoms with van der Waals surface area (Å²) in [6, 6.07) is 14.2. The Kier molecular flexibility index (Phi) is 4.17. The fraction of sp³-hybridized carbons (Fsp3) is 0.0588. The van der Waals surface area contributed by atoms with Crippen molar-refractivity contribution in [3.63, 3.8) is 0 Å². The van der Waals surface area contributed by atoms with Crippen LogP contribution in [-0.2, 0) is 9.59 Å². The van der Waals surface area contributed by atoms with Crippen molar-refractivity contribution in [3.8, 4) is 5.75 Å². The summed E-state index contributed by atoms with van der Waals surface area (Å²) < 4.78 is 5.70. The standard InChI is InChI=1S/C17H16N4O3/c18-12-6-7-14-13(9-12)21(10-16(22)20-19)17(23)15(24-14)8-11-4-2-1-3-5-11/h1-9H,10,18-19H2,(H,20,22)/b15-8+. The van der Waals surface area contributed by atoms with Crippen molar-refractivity contribution in [3.05, 3.63) is 59.9 Å².